The molecule has 7 nitrogen and oxygen atoms in total. The zero-order valence-corrected chi connectivity index (χ0v) is 21.7. The van der Waals surface area contributed by atoms with Gasteiger partial charge >= 0.3 is 0 Å². The summed E-state index contributed by atoms with van der Waals surface area (Å²) in [5.41, 5.74) is 4.65. The number of methoxy groups -OCH3 is 1. The molecule has 3 rings (SSSR count). The molecular formula is C24H23BrClN3O4S. The largest absolute Gasteiger partial charge is 0.496 e. The molecule has 34 heavy (non-hydrogen) atoms. The summed E-state index contributed by atoms with van der Waals surface area (Å²) in [6, 6.07) is 18.6. The van der Waals surface area contributed by atoms with Crippen molar-refractivity contribution in [3.05, 3.63) is 92.9 Å². The second-order valence-corrected chi connectivity index (χ2v) is 10.7. The van der Waals surface area contributed by atoms with Crippen LogP contribution in [-0.2, 0) is 21.4 Å². The van der Waals surface area contributed by atoms with Gasteiger partial charge in [0.05, 0.1) is 24.8 Å². The van der Waals surface area contributed by atoms with E-state index in [1.54, 1.807) is 48.5 Å². The summed E-state index contributed by atoms with van der Waals surface area (Å²) in [5.74, 6) is -0.0117. The molecule has 0 radical (unpaired) electrons. The van der Waals surface area contributed by atoms with Crippen LogP contribution in [-0.4, -0.2) is 38.5 Å². The SMILES string of the molecule is COc1ccc(Br)cc1/C=N\NC(=O)CN(Cc1ccc(Cl)cc1)S(=O)(=O)c1ccc(C)cc1. The van der Waals surface area contributed by atoms with Gasteiger partial charge in [-0.2, -0.15) is 9.41 Å². The van der Waals surface area contributed by atoms with E-state index in [4.69, 9.17) is 16.3 Å². The summed E-state index contributed by atoms with van der Waals surface area (Å²) in [5, 5.41) is 4.50. The highest BCUT2D eigenvalue weighted by Crippen LogP contribution is 2.22. The fourth-order valence-electron chi connectivity index (χ4n) is 3.05. The molecule has 0 bridgehead atoms. The van der Waals surface area contributed by atoms with Crippen LogP contribution < -0.4 is 10.2 Å². The van der Waals surface area contributed by atoms with Crippen molar-refractivity contribution in [3.8, 4) is 5.75 Å². The number of carbonyl (C=O) groups is 1. The number of sulfonamides is 1. The first-order chi connectivity index (χ1) is 16.2. The van der Waals surface area contributed by atoms with E-state index in [0.29, 0.717) is 21.9 Å². The van der Waals surface area contributed by atoms with Crippen molar-refractivity contribution < 1.29 is 17.9 Å². The van der Waals surface area contributed by atoms with Crippen LogP contribution in [0.15, 0.2) is 81.2 Å². The van der Waals surface area contributed by atoms with Gasteiger partial charge in [-0.1, -0.05) is 57.4 Å². The molecule has 1 N–H and O–H groups in total. The predicted octanol–water partition coefficient (Wildman–Crippen LogP) is 4.76. The molecule has 0 saturated carbocycles. The third kappa shape index (κ3) is 6.89. The molecule has 0 fully saturated rings. The minimum atomic E-state index is -3.95. The molecule has 0 spiro atoms. The van der Waals surface area contributed by atoms with Crippen molar-refractivity contribution in [2.24, 2.45) is 5.10 Å². The number of aryl methyl sites for hydroxylation is 1. The fourth-order valence-corrected chi connectivity index (χ4v) is 4.94. The second-order valence-electron chi connectivity index (χ2n) is 7.39. The number of nitrogens with zero attached hydrogens (tertiary/aromatic N) is 2. The first kappa shape index (κ1) is 25.9. The average Bonchev–Trinajstić information content (AvgIpc) is 2.80. The maximum atomic E-state index is 13.3. The molecule has 3 aromatic carbocycles. The Morgan fingerprint density at radius 2 is 1.79 bits per heavy atom. The molecule has 0 saturated heterocycles. The lowest BCUT2D eigenvalue weighted by Gasteiger charge is -2.21. The number of hydrazone groups is 1. The number of benzene rings is 3. The number of hydrogen-bond donors (Lipinski definition) is 1. The van der Waals surface area contributed by atoms with Crippen molar-refractivity contribution in [2.45, 2.75) is 18.4 Å². The third-order valence-corrected chi connectivity index (χ3v) is 7.39. The maximum absolute atomic E-state index is 13.3. The Hall–Kier alpha value is -2.72. The van der Waals surface area contributed by atoms with Gasteiger partial charge in [-0.25, -0.2) is 13.8 Å². The van der Waals surface area contributed by atoms with E-state index in [9.17, 15) is 13.2 Å². The van der Waals surface area contributed by atoms with Gasteiger partial charge in [0.15, 0.2) is 0 Å². The van der Waals surface area contributed by atoms with Crippen molar-refractivity contribution in [1.82, 2.24) is 9.73 Å². The Labute approximate surface area is 212 Å². The Kier molecular flexibility index (Phi) is 8.84. The fraction of sp³-hybridized carbons (Fsp3) is 0.167. The quantitative estimate of drug-likeness (QED) is 0.300. The van der Waals surface area contributed by atoms with Gasteiger partial charge in [-0.3, -0.25) is 4.79 Å². The van der Waals surface area contributed by atoms with Gasteiger partial charge < -0.3 is 4.74 Å². The van der Waals surface area contributed by atoms with Gasteiger partial charge in [-0.05, 0) is 55.0 Å². The number of nitrogens with one attached hydrogen (secondary N) is 1. The van der Waals surface area contributed by atoms with E-state index in [1.807, 2.05) is 13.0 Å². The van der Waals surface area contributed by atoms with E-state index >= 15 is 0 Å². The van der Waals surface area contributed by atoms with Gasteiger partial charge in [-0.15, -0.1) is 0 Å². The summed E-state index contributed by atoms with van der Waals surface area (Å²) in [7, 11) is -2.42. The highest BCUT2D eigenvalue weighted by Gasteiger charge is 2.27. The van der Waals surface area contributed by atoms with Crippen LogP contribution in [0.25, 0.3) is 0 Å². The maximum Gasteiger partial charge on any atom is 0.255 e. The summed E-state index contributed by atoms with van der Waals surface area (Å²) in [6.45, 7) is 1.43. The lowest BCUT2D eigenvalue weighted by atomic mass is 10.2. The van der Waals surface area contributed by atoms with Crippen LogP contribution in [0.5, 0.6) is 5.75 Å². The number of amides is 1. The smallest absolute Gasteiger partial charge is 0.255 e. The first-order valence-electron chi connectivity index (χ1n) is 10.2. The van der Waals surface area contributed by atoms with Gasteiger partial charge in [0.1, 0.15) is 5.75 Å². The summed E-state index contributed by atoms with van der Waals surface area (Å²) in [4.78, 5) is 12.7. The predicted molar refractivity (Wildman–Crippen MR) is 137 cm³/mol. The van der Waals surface area contributed by atoms with Gasteiger partial charge in [0, 0.05) is 21.6 Å². The van der Waals surface area contributed by atoms with Crippen LogP contribution in [0.2, 0.25) is 5.02 Å². The Morgan fingerprint density at radius 3 is 2.44 bits per heavy atom. The molecule has 0 aliphatic rings. The first-order valence-corrected chi connectivity index (χ1v) is 12.8. The molecule has 1 amide bonds. The van der Waals surface area contributed by atoms with Crippen LogP contribution in [0, 0.1) is 6.92 Å². The lowest BCUT2D eigenvalue weighted by Crippen LogP contribution is -2.39. The summed E-state index contributed by atoms with van der Waals surface area (Å²) in [6.07, 6.45) is 1.43. The average molecular weight is 565 g/mol. The second kappa shape index (κ2) is 11.6. The van der Waals surface area contributed by atoms with E-state index in [1.165, 1.54) is 25.5 Å². The molecule has 0 aliphatic heterocycles. The number of carbonyl (C=O) groups excluding carboxylic acids is 1. The Morgan fingerprint density at radius 1 is 1.12 bits per heavy atom. The Balaban J connectivity index is 1.80. The van der Waals surface area contributed by atoms with E-state index in [-0.39, 0.29) is 11.4 Å². The standard InChI is InChI=1S/C24H23BrClN3O4S/c1-17-3-10-22(11-4-17)34(31,32)29(15-18-5-8-21(26)9-6-18)16-24(30)28-27-14-19-13-20(25)7-12-23(19)33-2/h3-14H,15-16H2,1-2H3,(H,28,30)/b27-14-. The topological polar surface area (TPSA) is 88.1 Å². The van der Waals surface area contributed by atoms with Crippen molar-refractivity contribution >= 4 is 49.7 Å². The van der Waals surface area contributed by atoms with Crippen molar-refractivity contribution in [3.63, 3.8) is 0 Å². The summed E-state index contributed by atoms with van der Waals surface area (Å²) >= 11 is 9.33. The molecule has 3 aromatic rings. The highest BCUT2D eigenvalue weighted by molar-refractivity contribution is 9.10. The third-order valence-electron chi connectivity index (χ3n) is 4.84. The molecule has 0 unspecified atom stereocenters. The van der Waals surface area contributed by atoms with E-state index < -0.39 is 22.5 Å². The monoisotopic (exact) mass is 563 g/mol. The number of halogens is 2. The molecule has 178 valence electrons. The number of rotatable bonds is 9. The zero-order valence-electron chi connectivity index (χ0n) is 18.5. The molecule has 0 heterocycles. The minimum Gasteiger partial charge on any atom is -0.496 e. The highest BCUT2D eigenvalue weighted by atomic mass is 79.9. The van der Waals surface area contributed by atoms with Crippen LogP contribution in [0.4, 0.5) is 0 Å². The number of hydrogen-bond acceptors (Lipinski definition) is 5. The molecule has 0 atom stereocenters. The van der Waals surface area contributed by atoms with Gasteiger partial charge in [0.2, 0.25) is 10.0 Å². The van der Waals surface area contributed by atoms with Crippen LogP contribution in [0.3, 0.4) is 0 Å². The minimum absolute atomic E-state index is 0.00995. The van der Waals surface area contributed by atoms with Crippen molar-refractivity contribution in [1.29, 1.82) is 0 Å². The van der Waals surface area contributed by atoms with Crippen LogP contribution >= 0.6 is 27.5 Å². The molecule has 0 aliphatic carbocycles. The van der Waals surface area contributed by atoms with E-state index in [0.717, 1.165) is 14.3 Å². The lowest BCUT2D eigenvalue weighted by molar-refractivity contribution is -0.121. The molecular weight excluding hydrogens is 542 g/mol. The molecule has 0 aromatic heterocycles. The zero-order chi connectivity index (χ0) is 24.7. The molecule has 10 heteroatoms. The van der Waals surface area contributed by atoms with Crippen molar-refractivity contribution in [2.75, 3.05) is 13.7 Å². The van der Waals surface area contributed by atoms with E-state index in [2.05, 4.69) is 26.5 Å². The van der Waals surface area contributed by atoms with Crippen LogP contribution in [0.1, 0.15) is 16.7 Å². The summed E-state index contributed by atoms with van der Waals surface area (Å²) < 4.78 is 33.9. The van der Waals surface area contributed by atoms with Gasteiger partial charge in [0.25, 0.3) is 5.91 Å². The Bertz CT molecular complexity index is 1280. The number of ether oxygens (including phenoxy) is 1. The normalized spacial score (nSPS) is 11.7.